The van der Waals surface area contributed by atoms with Gasteiger partial charge in [-0.1, -0.05) is 156 Å². The minimum atomic E-state index is -4.70. The van der Waals surface area contributed by atoms with Crippen molar-refractivity contribution in [3.63, 3.8) is 0 Å². The molecule has 0 aliphatic rings. The molecule has 2 unspecified atom stereocenters. The summed E-state index contributed by atoms with van der Waals surface area (Å²) in [7, 11) is -4.70. The van der Waals surface area contributed by atoms with Gasteiger partial charge in [0.25, 0.3) is 0 Å². The first kappa shape index (κ1) is 56.9. The largest absolute Gasteiger partial charge is 0.472 e. The van der Waals surface area contributed by atoms with Gasteiger partial charge in [0.2, 0.25) is 0 Å². The monoisotopic (exact) mass is 863 g/mol. The van der Waals surface area contributed by atoms with Gasteiger partial charge in [-0.05, 0) is 77.0 Å². The van der Waals surface area contributed by atoms with Gasteiger partial charge in [0.15, 0.2) is 6.10 Å². The van der Waals surface area contributed by atoms with E-state index in [-0.39, 0.29) is 19.3 Å². The molecule has 60 heavy (non-hydrogen) atoms. The maximum absolute atomic E-state index is 12.6. The first-order valence-corrected chi connectivity index (χ1v) is 23.8. The third-order valence-corrected chi connectivity index (χ3v) is 9.79. The molecule has 0 aromatic rings. The van der Waals surface area contributed by atoms with E-state index in [1.54, 1.807) is 12.2 Å². The van der Waals surface area contributed by atoms with Crippen LogP contribution in [0.2, 0.25) is 0 Å². The van der Waals surface area contributed by atoms with Crippen LogP contribution in [0.3, 0.4) is 0 Å². The fraction of sp³-hybridized carbons (Fsp3) is 0.625. The third-order valence-electron chi connectivity index (χ3n) is 8.84. The van der Waals surface area contributed by atoms with Crippen molar-refractivity contribution < 1.29 is 52.9 Å². The number of rotatable bonds is 40. The molecule has 0 aliphatic heterocycles. The minimum absolute atomic E-state index is 0.0578. The van der Waals surface area contributed by atoms with Crippen molar-refractivity contribution >= 4 is 19.8 Å². The number of unbranched alkanes of at least 4 members (excludes halogenated alkanes) is 10. The Morgan fingerprint density at radius 1 is 0.583 bits per heavy atom. The van der Waals surface area contributed by atoms with E-state index in [1.807, 2.05) is 12.2 Å². The van der Waals surface area contributed by atoms with Crippen molar-refractivity contribution in [3.05, 3.63) is 97.2 Å². The molecule has 0 heterocycles. The van der Waals surface area contributed by atoms with Gasteiger partial charge in [0.1, 0.15) is 12.7 Å². The first-order valence-electron chi connectivity index (χ1n) is 22.3. The van der Waals surface area contributed by atoms with Crippen LogP contribution < -0.4 is 0 Å². The second kappa shape index (κ2) is 42.5. The number of hydrogen-bond acceptors (Lipinski definition) is 10. The summed E-state index contributed by atoms with van der Waals surface area (Å²) in [5, 5.41) is 28.7. The van der Waals surface area contributed by atoms with E-state index in [4.69, 9.17) is 19.1 Å². The van der Waals surface area contributed by atoms with E-state index in [0.29, 0.717) is 6.42 Å². The number of carbonyl (C=O) groups excluding carboxylic acids is 2. The summed E-state index contributed by atoms with van der Waals surface area (Å²) in [5.74, 6) is -1.23. The quantitative estimate of drug-likeness (QED) is 0.0152. The summed E-state index contributed by atoms with van der Waals surface area (Å²) in [6.45, 7) is 1.94. The fourth-order valence-corrected chi connectivity index (χ4v) is 6.16. The zero-order chi connectivity index (χ0) is 44.2. The van der Waals surface area contributed by atoms with Gasteiger partial charge in [-0.3, -0.25) is 18.6 Å². The molecule has 4 atom stereocenters. The van der Waals surface area contributed by atoms with E-state index in [2.05, 4.69) is 91.3 Å². The Labute approximate surface area is 362 Å². The number of aliphatic hydroxyl groups is 3. The minimum Gasteiger partial charge on any atom is -0.462 e. The zero-order valence-corrected chi connectivity index (χ0v) is 37.6. The molecule has 0 spiro atoms. The molecule has 4 N–H and O–H groups in total. The van der Waals surface area contributed by atoms with E-state index in [9.17, 15) is 29.3 Å². The van der Waals surface area contributed by atoms with Gasteiger partial charge in [0.05, 0.1) is 25.9 Å². The van der Waals surface area contributed by atoms with E-state index >= 15 is 0 Å². The number of allylic oxidation sites excluding steroid dienone is 15. The molecule has 0 aromatic carbocycles. The van der Waals surface area contributed by atoms with Crippen molar-refractivity contribution in [3.8, 4) is 0 Å². The average molecular weight is 863 g/mol. The van der Waals surface area contributed by atoms with Crippen molar-refractivity contribution in [1.29, 1.82) is 0 Å². The van der Waals surface area contributed by atoms with Gasteiger partial charge < -0.3 is 29.7 Å². The van der Waals surface area contributed by atoms with Crippen LogP contribution in [-0.4, -0.2) is 76.9 Å². The second-order valence-corrected chi connectivity index (χ2v) is 16.0. The van der Waals surface area contributed by atoms with Crippen molar-refractivity contribution in [2.45, 2.75) is 167 Å². The highest BCUT2D eigenvalue weighted by atomic mass is 31.2. The second-order valence-electron chi connectivity index (χ2n) is 14.5. The molecule has 0 radical (unpaired) electrons. The zero-order valence-electron chi connectivity index (χ0n) is 36.7. The van der Waals surface area contributed by atoms with Gasteiger partial charge >= 0.3 is 19.8 Å². The third kappa shape index (κ3) is 41.6. The van der Waals surface area contributed by atoms with Crippen LogP contribution >= 0.6 is 7.82 Å². The number of ether oxygens (including phenoxy) is 2. The Morgan fingerprint density at radius 2 is 1.10 bits per heavy atom. The number of aliphatic hydroxyl groups excluding tert-OH is 3. The number of phosphoric ester groups is 1. The number of phosphoric acid groups is 1. The van der Waals surface area contributed by atoms with E-state index < -0.39 is 64.5 Å². The number of hydrogen-bond donors (Lipinski definition) is 4. The normalized spacial score (nSPS) is 15.2. The maximum atomic E-state index is 12.6. The highest BCUT2D eigenvalue weighted by Gasteiger charge is 2.27. The van der Waals surface area contributed by atoms with Crippen molar-refractivity contribution in [2.24, 2.45) is 0 Å². The maximum Gasteiger partial charge on any atom is 0.472 e. The average Bonchev–Trinajstić information content (AvgIpc) is 3.23. The van der Waals surface area contributed by atoms with Crippen LogP contribution in [0.25, 0.3) is 0 Å². The van der Waals surface area contributed by atoms with Gasteiger partial charge in [-0.2, -0.15) is 0 Å². The summed E-state index contributed by atoms with van der Waals surface area (Å²) in [5.41, 5.74) is 0. The molecule has 12 heteroatoms. The van der Waals surface area contributed by atoms with Crippen LogP contribution in [0.5, 0.6) is 0 Å². The van der Waals surface area contributed by atoms with E-state index in [0.717, 1.165) is 70.6 Å². The van der Waals surface area contributed by atoms with Crippen molar-refractivity contribution in [1.82, 2.24) is 0 Å². The Bertz CT molecular complexity index is 1330. The molecule has 0 aliphatic carbocycles. The van der Waals surface area contributed by atoms with Crippen molar-refractivity contribution in [2.75, 3.05) is 26.4 Å². The lowest BCUT2D eigenvalue weighted by Gasteiger charge is -2.20. The standard InChI is InChI=1S/C48H79O11P/c1-3-5-7-9-11-13-15-17-19-21-23-25-27-29-31-33-35-37-47(52)56-42-46(43-58-60(54,55)57-41-45(51)40-49)59-48(53)39-38-44(50)36-34-32-30-28-26-24-22-20-18-16-14-12-10-8-6-4-2/h6,8,11-14,17-20,24,26,30,32,34,36,44-46,49-51H,3-5,7,9-10,15-16,21-23,25,27-29,31,33,35,37-43H2,1-2H3,(H,54,55)/b8-6-,13-11-,14-12-,19-17-,20-18-,26-24-,32-30-,36-34-/t44?,45-,46+/m0/s1. The topological polar surface area (TPSA) is 169 Å². The lowest BCUT2D eigenvalue weighted by Crippen LogP contribution is -2.30. The Morgan fingerprint density at radius 3 is 1.68 bits per heavy atom. The highest BCUT2D eigenvalue weighted by molar-refractivity contribution is 7.47. The van der Waals surface area contributed by atoms with Crippen LogP contribution in [0, 0.1) is 0 Å². The van der Waals surface area contributed by atoms with Crippen LogP contribution in [-0.2, 0) is 32.7 Å². The Balaban J connectivity index is 4.55. The lowest BCUT2D eigenvalue weighted by atomic mass is 10.1. The van der Waals surface area contributed by atoms with Crippen LogP contribution in [0.4, 0.5) is 0 Å². The molecule has 0 bridgehead atoms. The Kier molecular flexibility index (Phi) is 40.3. The summed E-state index contributed by atoms with van der Waals surface area (Å²) in [6, 6.07) is 0. The first-order chi connectivity index (χ1) is 29.1. The summed E-state index contributed by atoms with van der Waals surface area (Å²) < 4.78 is 32.5. The molecular weight excluding hydrogens is 783 g/mol. The highest BCUT2D eigenvalue weighted by Crippen LogP contribution is 2.43. The van der Waals surface area contributed by atoms with E-state index in [1.165, 1.54) is 38.5 Å². The van der Waals surface area contributed by atoms with Gasteiger partial charge in [-0.15, -0.1) is 0 Å². The van der Waals surface area contributed by atoms with Gasteiger partial charge in [-0.25, -0.2) is 4.57 Å². The fourth-order valence-electron chi connectivity index (χ4n) is 5.37. The summed E-state index contributed by atoms with van der Waals surface area (Å²) in [6.07, 6.45) is 48.4. The van der Waals surface area contributed by atoms with Crippen LogP contribution in [0.15, 0.2) is 97.2 Å². The predicted molar refractivity (Wildman–Crippen MR) is 243 cm³/mol. The molecular formula is C48H79O11P. The molecule has 0 fully saturated rings. The SMILES string of the molecule is CC/C=C\C/C=C\C/C=C\C/C=C\C/C=C\C=C/C(O)CCC(=O)O[C@H](COC(=O)CCCCCCCCC/C=C\C/C=C\CCCCC)COP(=O)(O)OC[C@@H](O)CO. The molecule has 0 saturated heterocycles. The molecule has 11 nitrogen and oxygen atoms in total. The molecule has 0 saturated carbocycles. The smallest absolute Gasteiger partial charge is 0.462 e. The predicted octanol–water partition coefficient (Wildman–Crippen LogP) is 11.0. The molecule has 0 aromatic heterocycles. The lowest BCUT2D eigenvalue weighted by molar-refractivity contribution is -0.161. The molecule has 342 valence electrons. The Hall–Kier alpha value is -3.15. The van der Waals surface area contributed by atoms with Crippen LogP contribution in [0.1, 0.15) is 149 Å². The number of carbonyl (C=O) groups is 2. The molecule has 0 rings (SSSR count). The summed E-state index contributed by atoms with van der Waals surface area (Å²) in [4.78, 5) is 35.1. The summed E-state index contributed by atoms with van der Waals surface area (Å²) >= 11 is 0. The number of esters is 2. The van der Waals surface area contributed by atoms with Gasteiger partial charge in [0, 0.05) is 12.8 Å². The molecule has 0 amide bonds.